The first kappa shape index (κ1) is 12.4. The van der Waals surface area contributed by atoms with Crippen LogP contribution < -0.4 is 5.73 Å². The van der Waals surface area contributed by atoms with Crippen molar-refractivity contribution in [3.05, 3.63) is 29.3 Å². The summed E-state index contributed by atoms with van der Waals surface area (Å²) in [5.41, 5.74) is 9.87. The molecule has 1 unspecified atom stereocenters. The van der Waals surface area contributed by atoms with Gasteiger partial charge in [-0.3, -0.25) is 0 Å². The number of fused-ring (bicyclic) bond motifs is 1. The summed E-state index contributed by atoms with van der Waals surface area (Å²) in [5, 5.41) is 0. The highest BCUT2D eigenvalue weighted by molar-refractivity contribution is 5.52. The number of unbranched alkanes of at least 4 members (excludes halogenated alkanes) is 1. The third-order valence-corrected chi connectivity index (χ3v) is 3.98. The van der Waals surface area contributed by atoms with Crippen LogP contribution in [0.2, 0.25) is 0 Å². The molecule has 2 rings (SSSR count). The zero-order valence-corrected chi connectivity index (χ0v) is 11.1. The van der Waals surface area contributed by atoms with Gasteiger partial charge in [-0.05, 0) is 56.5 Å². The number of benzene rings is 1. The molecule has 1 aromatic rings. The Balaban J connectivity index is 2.03. The monoisotopic (exact) mass is 232 g/mol. The lowest BCUT2D eigenvalue weighted by Crippen LogP contribution is -2.37. The van der Waals surface area contributed by atoms with Crippen LogP contribution in [0.1, 0.15) is 37.3 Å². The number of nitrogens with zero attached hydrogens (tertiary/aromatic N) is 1. The number of anilines is 1. The largest absolute Gasteiger partial charge is 0.398 e. The van der Waals surface area contributed by atoms with Gasteiger partial charge in [0.15, 0.2) is 0 Å². The fraction of sp³-hybridized carbons (Fsp3) is 0.600. The van der Waals surface area contributed by atoms with Gasteiger partial charge in [-0.15, -0.1) is 0 Å². The average molecular weight is 232 g/mol. The highest BCUT2D eigenvalue weighted by Crippen LogP contribution is 2.28. The van der Waals surface area contributed by atoms with Gasteiger partial charge in [-0.25, -0.2) is 0 Å². The van der Waals surface area contributed by atoms with Crippen LogP contribution in [0.25, 0.3) is 0 Å². The van der Waals surface area contributed by atoms with Gasteiger partial charge in [-0.2, -0.15) is 0 Å². The van der Waals surface area contributed by atoms with Crippen molar-refractivity contribution in [1.82, 2.24) is 4.90 Å². The quantitative estimate of drug-likeness (QED) is 0.809. The van der Waals surface area contributed by atoms with Gasteiger partial charge in [0.1, 0.15) is 0 Å². The SMILES string of the molecule is CCCCN(C)C1CCc2c(N)cccc2C1. The zero-order chi connectivity index (χ0) is 12.3. The Morgan fingerprint density at radius 2 is 2.24 bits per heavy atom. The van der Waals surface area contributed by atoms with Gasteiger partial charge in [-0.1, -0.05) is 25.5 Å². The van der Waals surface area contributed by atoms with Crippen molar-refractivity contribution >= 4 is 5.69 Å². The Bertz CT molecular complexity index is 373. The minimum Gasteiger partial charge on any atom is -0.398 e. The predicted molar refractivity (Wildman–Crippen MR) is 74.2 cm³/mol. The van der Waals surface area contributed by atoms with E-state index >= 15 is 0 Å². The van der Waals surface area contributed by atoms with Gasteiger partial charge in [0, 0.05) is 11.7 Å². The molecule has 1 aliphatic rings. The summed E-state index contributed by atoms with van der Waals surface area (Å²) in [6.45, 7) is 3.48. The molecule has 0 saturated heterocycles. The fourth-order valence-corrected chi connectivity index (χ4v) is 2.78. The Kier molecular flexibility index (Phi) is 4.06. The number of hydrogen-bond acceptors (Lipinski definition) is 2. The molecule has 2 heteroatoms. The Labute approximate surface area is 105 Å². The van der Waals surface area contributed by atoms with Crippen LogP contribution in [0, 0.1) is 0 Å². The molecule has 0 bridgehead atoms. The van der Waals surface area contributed by atoms with Gasteiger partial charge in [0.2, 0.25) is 0 Å². The number of nitrogens with two attached hydrogens (primary N) is 1. The van der Waals surface area contributed by atoms with Crippen LogP contribution in [0.4, 0.5) is 5.69 Å². The van der Waals surface area contributed by atoms with Crippen LogP contribution >= 0.6 is 0 Å². The number of hydrogen-bond donors (Lipinski definition) is 1. The average Bonchev–Trinajstić information content (AvgIpc) is 2.36. The van der Waals surface area contributed by atoms with Crippen molar-refractivity contribution in [1.29, 1.82) is 0 Å². The van der Waals surface area contributed by atoms with E-state index < -0.39 is 0 Å². The maximum Gasteiger partial charge on any atom is 0.0349 e. The Hall–Kier alpha value is -1.02. The first-order valence-electron chi connectivity index (χ1n) is 6.79. The minimum absolute atomic E-state index is 0.704. The molecular formula is C15H24N2. The number of nitrogen functional groups attached to an aromatic ring is 1. The molecule has 1 aliphatic carbocycles. The molecule has 2 nitrogen and oxygen atoms in total. The first-order valence-corrected chi connectivity index (χ1v) is 6.79. The summed E-state index contributed by atoms with van der Waals surface area (Å²) < 4.78 is 0. The van der Waals surface area contributed by atoms with Crippen LogP contribution in [0.3, 0.4) is 0 Å². The molecular weight excluding hydrogens is 208 g/mol. The van der Waals surface area contributed by atoms with Crippen LogP contribution in [0.5, 0.6) is 0 Å². The summed E-state index contributed by atoms with van der Waals surface area (Å²) in [6, 6.07) is 7.06. The van der Waals surface area contributed by atoms with E-state index in [1.807, 2.05) is 6.07 Å². The second-order valence-electron chi connectivity index (χ2n) is 5.22. The molecule has 0 amide bonds. The lowest BCUT2D eigenvalue weighted by molar-refractivity contribution is 0.219. The minimum atomic E-state index is 0.704. The van der Waals surface area contributed by atoms with Gasteiger partial charge < -0.3 is 10.6 Å². The van der Waals surface area contributed by atoms with Gasteiger partial charge in [0.05, 0.1) is 0 Å². The maximum atomic E-state index is 6.03. The molecule has 0 saturated carbocycles. The number of rotatable bonds is 4. The third-order valence-electron chi connectivity index (χ3n) is 3.98. The van der Waals surface area contributed by atoms with Crippen LogP contribution in [0.15, 0.2) is 18.2 Å². The van der Waals surface area contributed by atoms with E-state index in [0.717, 1.165) is 12.1 Å². The van der Waals surface area contributed by atoms with E-state index in [1.54, 1.807) is 0 Å². The van der Waals surface area contributed by atoms with E-state index in [-0.39, 0.29) is 0 Å². The summed E-state index contributed by atoms with van der Waals surface area (Å²) in [5.74, 6) is 0. The van der Waals surface area contributed by atoms with Crippen molar-refractivity contribution in [2.24, 2.45) is 0 Å². The fourth-order valence-electron chi connectivity index (χ4n) is 2.78. The lowest BCUT2D eigenvalue weighted by atomic mass is 9.86. The van der Waals surface area contributed by atoms with E-state index in [1.165, 1.54) is 43.4 Å². The molecule has 1 aromatic carbocycles. The van der Waals surface area contributed by atoms with Crippen molar-refractivity contribution in [2.75, 3.05) is 19.3 Å². The third kappa shape index (κ3) is 2.81. The van der Waals surface area contributed by atoms with E-state index in [0.29, 0.717) is 6.04 Å². The standard InChI is InChI=1S/C15H24N2/c1-3-4-10-17(2)13-8-9-14-12(11-13)6-5-7-15(14)16/h5-7,13H,3-4,8-11,16H2,1-2H3. The topological polar surface area (TPSA) is 29.3 Å². The lowest BCUT2D eigenvalue weighted by Gasteiger charge is -2.33. The van der Waals surface area contributed by atoms with Crippen molar-refractivity contribution in [3.8, 4) is 0 Å². The van der Waals surface area contributed by atoms with Gasteiger partial charge in [0.25, 0.3) is 0 Å². The second-order valence-corrected chi connectivity index (χ2v) is 5.22. The zero-order valence-electron chi connectivity index (χ0n) is 11.1. The van der Waals surface area contributed by atoms with Crippen molar-refractivity contribution in [2.45, 2.75) is 45.1 Å². The normalized spacial score (nSPS) is 19.4. The van der Waals surface area contributed by atoms with Crippen LogP contribution in [-0.2, 0) is 12.8 Å². The molecule has 0 radical (unpaired) electrons. The molecule has 17 heavy (non-hydrogen) atoms. The van der Waals surface area contributed by atoms with E-state index in [9.17, 15) is 0 Å². The first-order chi connectivity index (χ1) is 8.22. The Morgan fingerprint density at radius 3 is 3.00 bits per heavy atom. The van der Waals surface area contributed by atoms with Crippen molar-refractivity contribution in [3.63, 3.8) is 0 Å². The molecule has 94 valence electrons. The van der Waals surface area contributed by atoms with E-state index in [4.69, 9.17) is 5.73 Å². The summed E-state index contributed by atoms with van der Waals surface area (Å²) >= 11 is 0. The smallest absolute Gasteiger partial charge is 0.0349 e. The van der Waals surface area contributed by atoms with Crippen molar-refractivity contribution < 1.29 is 0 Å². The Morgan fingerprint density at radius 1 is 1.41 bits per heavy atom. The molecule has 0 aliphatic heterocycles. The second kappa shape index (κ2) is 5.54. The molecule has 0 fully saturated rings. The summed E-state index contributed by atoms with van der Waals surface area (Å²) in [4.78, 5) is 2.52. The van der Waals surface area contributed by atoms with E-state index in [2.05, 4.69) is 31.0 Å². The molecule has 2 N–H and O–H groups in total. The van der Waals surface area contributed by atoms with Crippen LogP contribution in [-0.4, -0.2) is 24.5 Å². The number of likely N-dealkylation sites (N-methyl/N-ethyl adjacent to an activating group) is 1. The van der Waals surface area contributed by atoms with Gasteiger partial charge >= 0.3 is 0 Å². The molecule has 1 atom stereocenters. The molecule has 0 aromatic heterocycles. The predicted octanol–water partition coefficient (Wildman–Crippen LogP) is 2.86. The maximum absolute atomic E-state index is 6.03. The summed E-state index contributed by atoms with van der Waals surface area (Å²) in [7, 11) is 2.26. The highest BCUT2D eigenvalue weighted by Gasteiger charge is 2.22. The highest BCUT2D eigenvalue weighted by atomic mass is 15.1. The molecule has 0 heterocycles. The molecule has 0 spiro atoms. The summed E-state index contributed by atoms with van der Waals surface area (Å²) in [6.07, 6.45) is 6.14.